The Hall–Kier alpha value is -1.44. The molecule has 0 heterocycles. The molecule has 0 bridgehead atoms. The Kier molecular flexibility index (Phi) is 2.10. The van der Waals surface area contributed by atoms with Crippen LogP contribution >= 0.6 is 0 Å². The van der Waals surface area contributed by atoms with Gasteiger partial charge in [0.1, 0.15) is 0 Å². The van der Waals surface area contributed by atoms with Crippen LogP contribution in [0.25, 0.3) is 0 Å². The van der Waals surface area contributed by atoms with Crippen molar-refractivity contribution in [3.8, 4) is 0 Å². The minimum atomic E-state index is -0.691. The number of rotatable bonds is 0. The highest BCUT2D eigenvalue weighted by molar-refractivity contribution is 6.44. The first-order valence-electron chi connectivity index (χ1n) is 5.49. The largest absolute Gasteiger partial charge is 0.290 e. The molecule has 1 aromatic rings. The molecule has 0 fully saturated rings. The van der Waals surface area contributed by atoms with Crippen molar-refractivity contribution in [1.29, 1.82) is 0 Å². The van der Waals surface area contributed by atoms with Crippen molar-refractivity contribution >= 4 is 11.6 Å². The van der Waals surface area contributed by atoms with Crippen molar-refractivity contribution in [2.24, 2.45) is 0 Å². The van der Waals surface area contributed by atoms with Crippen LogP contribution in [0.3, 0.4) is 0 Å². The molecule has 0 unspecified atom stereocenters. The summed E-state index contributed by atoms with van der Waals surface area (Å²) in [6, 6.07) is 7.72. The van der Waals surface area contributed by atoms with Gasteiger partial charge in [-0.15, -0.1) is 0 Å². The van der Waals surface area contributed by atoms with Crippen LogP contribution in [-0.4, -0.2) is 11.6 Å². The first-order chi connectivity index (χ1) is 7.29. The van der Waals surface area contributed by atoms with Gasteiger partial charge in [0.2, 0.25) is 11.6 Å². The second kappa shape index (κ2) is 3.03. The van der Waals surface area contributed by atoms with E-state index in [1.165, 1.54) is 0 Å². The summed E-state index contributed by atoms with van der Waals surface area (Å²) in [7, 11) is 0. The van der Waals surface area contributed by atoms with Crippen LogP contribution in [0, 0.1) is 0 Å². The third-order valence-electron chi connectivity index (χ3n) is 3.62. The summed E-state index contributed by atoms with van der Waals surface area (Å²) < 4.78 is 0. The summed E-state index contributed by atoms with van der Waals surface area (Å²) in [5.74, 6) is -0.563. The molecular weight excluding hydrogens is 200 g/mol. The molecule has 1 aromatic carbocycles. The number of carbonyl (C=O) groups is 2. The number of hydrogen-bond acceptors (Lipinski definition) is 2. The average molecular weight is 216 g/mol. The smallest absolute Gasteiger partial charge is 0.209 e. The Balaban J connectivity index is 2.80. The summed E-state index contributed by atoms with van der Waals surface area (Å²) in [5.41, 5.74) is 0.570. The van der Waals surface area contributed by atoms with Gasteiger partial charge in [-0.2, -0.15) is 0 Å². The van der Waals surface area contributed by atoms with Crippen LogP contribution in [0.4, 0.5) is 0 Å². The molecule has 0 spiro atoms. The molecule has 16 heavy (non-hydrogen) atoms. The van der Waals surface area contributed by atoms with Gasteiger partial charge in [0.05, 0.1) is 10.8 Å². The van der Waals surface area contributed by atoms with E-state index in [2.05, 4.69) is 0 Å². The number of hydrogen-bond donors (Lipinski definition) is 0. The topological polar surface area (TPSA) is 34.1 Å². The van der Waals surface area contributed by atoms with Crippen molar-refractivity contribution in [3.05, 3.63) is 35.4 Å². The molecule has 1 aliphatic carbocycles. The molecule has 0 amide bonds. The molecule has 2 rings (SSSR count). The van der Waals surface area contributed by atoms with Crippen LogP contribution in [0.1, 0.15) is 38.8 Å². The van der Waals surface area contributed by atoms with Gasteiger partial charge < -0.3 is 0 Å². The van der Waals surface area contributed by atoms with Gasteiger partial charge in [-0.25, -0.2) is 0 Å². The third kappa shape index (κ3) is 1.19. The Bertz CT molecular complexity index is 436. The number of carbonyl (C=O) groups excluding carboxylic acids is 2. The van der Waals surface area contributed by atoms with E-state index < -0.39 is 10.8 Å². The lowest BCUT2D eigenvalue weighted by Gasteiger charge is -2.38. The van der Waals surface area contributed by atoms with Gasteiger partial charge in [-0.3, -0.25) is 9.59 Å². The maximum Gasteiger partial charge on any atom is 0.209 e. The molecule has 2 nitrogen and oxygen atoms in total. The van der Waals surface area contributed by atoms with Gasteiger partial charge in [0.15, 0.2) is 0 Å². The SMILES string of the molecule is CC1(C)C(=O)C(=O)C(C)(C)c2ccccc21. The van der Waals surface area contributed by atoms with Crippen LogP contribution in [-0.2, 0) is 20.4 Å². The molecule has 0 saturated heterocycles. The zero-order valence-corrected chi connectivity index (χ0v) is 10.1. The fourth-order valence-corrected chi connectivity index (χ4v) is 2.39. The van der Waals surface area contributed by atoms with E-state index in [0.29, 0.717) is 0 Å². The minimum Gasteiger partial charge on any atom is -0.290 e. The van der Waals surface area contributed by atoms with Gasteiger partial charge in [0, 0.05) is 0 Å². The van der Waals surface area contributed by atoms with Gasteiger partial charge in [0.25, 0.3) is 0 Å². The van der Waals surface area contributed by atoms with Crippen LogP contribution in [0.15, 0.2) is 24.3 Å². The highest BCUT2D eigenvalue weighted by atomic mass is 16.2. The van der Waals surface area contributed by atoms with Crippen LogP contribution in [0.2, 0.25) is 0 Å². The van der Waals surface area contributed by atoms with Crippen LogP contribution < -0.4 is 0 Å². The van der Waals surface area contributed by atoms with E-state index in [0.717, 1.165) is 11.1 Å². The van der Waals surface area contributed by atoms with Crippen LogP contribution in [0.5, 0.6) is 0 Å². The van der Waals surface area contributed by atoms with Crippen molar-refractivity contribution in [1.82, 2.24) is 0 Å². The zero-order valence-electron chi connectivity index (χ0n) is 10.1. The second-order valence-corrected chi connectivity index (χ2v) is 5.45. The van der Waals surface area contributed by atoms with E-state index in [4.69, 9.17) is 0 Å². The lowest BCUT2D eigenvalue weighted by atomic mass is 9.62. The molecule has 0 atom stereocenters. The van der Waals surface area contributed by atoms with Crippen molar-refractivity contribution < 1.29 is 9.59 Å². The molecule has 84 valence electrons. The van der Waals surface area contributed by atoms with E-state index in [9.17, 15) is 9.59 Å². The second-order valence-electron chi connectivity index (χ2n) is 5.45. The summed E-state index contributed by atoms with van der Waals surface area (Å²) in [6.07, 6.45) is 0. The summed E-state index contributed by atoms with van der Waals surface area (Å²) in [6.45, 7) is 7.28. The Labute approximate surface area is 95.7 Å². The number of ketones is 2. The van der Waals surface area contributed by atoms with Crippen molar-refractivity contribution in [2.75, 3.05) is 0 Å². The first kappa shape index (κ1) is 11.1. The first-order valence-corrected chi connectivity index (χ1v) is 5.49. The summed E-state index contributed by atoms with van der Waals surface area (Å²) in [4.78, 5) is 24.2. The highest BCUT2D eigenvalue weighted by Gasteiger charge is 2.49. The standard InChI is InChI=1S/C14H16O2/c1-13(2)9-7-5-6-8-10(9)14(3,4)12(16)11(13)15/h5-8H,1-4H3. The quantitative estimate of drug-likeness (QED) is 0.624. The fraction of sp³-hybridized carbons (Fsp3) is 0.429. The Morgan fingerprint density at radius 2 is 1.06 bits per heavy atom. The zero-order chi connectivity index (χ0) is 12.1. The van der Waals surface area contributed by atoms with E-state index in [1.54, 1.807) is 0 Å². The lowest BCUT2D eigenvalue weighted by Crippen LogP contribution is -2.50. The molecule has 0 aromatic heterocycles. The Morgan fingerprint density at radius 3 is 1.38 bits per heavy atom. The Morgan fingerprint density at radius 1 is 0.750 bits per heavy atom. The van der Waals surface area contributed by atoms with Gasteiger partial charge >= 0.3 is 0 Å². The van der Waals surface area contributed by atoms with Gasteiger partial charge in [-0.05, 0) is 38.8 Å². The lowest BCUT2D eigenvalue weighted by molar-refractivity contribution is -0.143. The summed E-state index contributed by atoms with van der Waals surface area (Å²) >= 11 is 0. The van der Waals surface area contributed by atoms with E-state index >= 15 is 0 Å². The molecule has 2 heteroatoms. The summed E-state index contributed by atoms with van der Waals surface area (Å²) in [5, 5.41) is 0. The molecule has 1 aliphatic rings. The highest BCUT2D eigenvalue weighted by Crippen LogP contribution is 2.41. The predicted octanol–water partition coefficient (Wildman–Crippen LogP) is 2.39. The number of Topliss-reactive ketones (excluding diaryl/α,β-unsaturated/α-hetero) is 2. The molecule has 0 saturated carbocycles. The van der Waals surface area contributed by atoms with Crippen molar-refractivity contribution in [3.63, 3.8) is 0 Å². The third-order valence-corrected chi connectivity index (χ3v) is 3.62. The maximum absolute atomic E-state index is 12.1. The minimum absolute atomic E-state index is 0.281. The normalized spacial score (nSPS) is 21.8. The monoisotopic (exact) mass is 216 g/mol. The van der Waals surface area contributed by atoms with E-state index in [1.807, 2.05) is 52.0 Å². The average Bonchev–Trinajstić information content (AvgIpc) is 2.25. The molecule has 0 radical (unpaired) electrons. The molecule has 0 aliphatic heterocycles. The van der Waals surface area contributed by atoms with Crippen molar-refractivity contribution in [2.45, 2.75) is 38.5 Å². The maximum atomic E-state index is 12.1. The number of fused-ring (bicyclic) bond motifs is 1. The predicted molar refractivity (Wildman–Crippen MR) is 62.5 cm³/mol. The van der Waals surface area contributed by atoms with Gasteiger partial charge in [-0.1, -0.05) is 24.3 Å². The fourth-order valence-electron chi connectivity index (χ4n) is 2.39. The number of benzene rings is 1. The van der Waals surface area contributed by atoms with E-state index in [-0.39, 0.29) is 11.6 Å². The molecular formula is C14H16O2. The molecule has 0 N–H and O–H groups in total.